The van der Waals surface area contributed by atoms with E-state index in [1.54, 1.807) is 12.3 Å². The number of nitrogens with zero attached hydrogens (tertiary/aromatic N) is 1. The van der Waals surface area contributed by atoms with Crippen LogP contribution >= 0.6 is 0 Å². The lowest BCUT2D eigenvalue weighted by Crippen LogP contribution is -2.24. The van der Waals surface area contributed by atoms with Gasteiger partial charge in [-0.15, -0.1) is 0 Å². The van der Waals surface area contributed by atoms with Crippen LogP contribution in [0.15, 0.2) is 47.0 Å². The van der Waals surface area contributed by atoms with Crippen molar-refractivity contribution in [3.63, 3.8) is 0 Å². The van der Waals surface area contributed by atoms with Gasteiger partial charge in [-0.1, -0.05) is 18.2 Å². The molecule has 2 heterocycles. The van der Waals surface area contributed by atoms with Crippen LogP contribution in [0.3, 0.4) is 0 Å². The summed E-state index contributed by atoms with van der Waals surface area (Å²) in [6.45, 7) is 0.309. The number of nitrogens with one attached hydrogen (secondary N) is 1. The number of rotatable bonds is 3. The van der Waals surface area contributed by atoms with E-state index in [9.17, 15) is 9.59 Å². The fourth-order valence-corrected chi connectivity index (χ4v) is 2.99. The van der Waals surface area contributed by atoms with Gasteiger partial charge in [0.25, 0.3) is 5.91 Å². The third-order valence-corrected chi connectivity index (χ3v) is 4.25. The Morgan fingerprint density at radius 2 is 2.08 bits per heavy atom. The van der Waals surface area contributed by atoms with Gasteiger partial charge in [-0.3, -0.25) is 14.6 Å². The molecule has 1 aliphatic rings. The van der Waals surface area contributed by atoms with Gasteiger partial charge >= 0.3 is 0 Å². The minimum Gasteiger partial charge on any atom is -0.459 e. The van der Waals surface area contributed by atoms with E-state index in [4.69, 9.17) is 4.42 Å². The van der Waals surface area contributed by atoms with Gasteiger partial charge < -0.3 is 9.73 Å². The van der Waals surface area contributed by atoms with Crippen molar-refractivity contribution >= 4 is 22.7 Å². The molecule has 1 N–H and O–H groups in total. The number of amides is 1. The number of aryl methyl sites for hydroxylation is 1. The van der Waals surface area contributed by atoms with Crippen molar-refractivity contribution < 1.29 is 14.0 Å². The molecule has 1 aliphatic carbocycles. The summed E-state index contributed by atoms with van der Waals surface area (Å²) in [6, 6.07) is 11.4. The number of Topliss-reactive ketones (excluding diaryl/α,β-unsaturated/α-hetero) is 1. The lowest BCUT2D eigenvalue weighted by Gasteiger charge is -2.14. The van der Waals surface area contributed by atoms with Gasteiger partial charge in [0.1, 0.15) is 17.1 Å². The van der Waals surface area contributed by atoms with Gasteiger partial charge in [0.15, 0.2) is 0 Å². The second-order valence-corrected chi connectivity index (χ2v) is 5.98. The number of furan rings is 1. The average molecular weight is 320 g/mol. The molecule has 0 radical (unpaired) electrons. The molecular formula is C19H16N2O3. The molecule has 0 unspecified atom stereocenters. The maximum absolute atomic E-state index is 12.3. The lowest BCUT2D eigenvalue weighted by atomic mass is 9.94. The monoisotopic (exact) mass is 320 g/mol. The van der Waals surface area contributed by atoms with E-state index in [1.165, 1.54) is 0 Å². The molecule has 2 aromatic heterocycles. The highest BCUT2D eigenvalue weighted by molar-refractivity contribution is 5.94. The smallest absolute Gasteiger partial charge is 0.253 e. The third kappa shape index (κ3) is 2.80. The molecular weight excluding hydrogens is 304 g/mol. The number of hydrogen-bond acceptors (Lipinski definition) is 4. The van der Waals surface area contributed by atoms with Crippen molar-refractivity contribution in [3.8, 4) is 0 Å². The Morgan fingerprint density at radius 3 is 2.96 bits per heavy atom. The second kappa shape index (κ2) is 5.92. The number of fused-ring (bicyclic) bond motifs is 2. The summed E-state index contributed by atoms with van der Waals surface area (Å²) in [4.78, 5) is 28.2. The molecule has 0 fully saturated rings. The molecule has 3 aromatic rings. The largest absolute Gasteiger partial charge is 0.459 e. The molecule has 0 saturated carbocycles. The molecule has 0 saturated heterocycles. The number of aromatic nitrogens is 1. The van der Waals surface area contributed by atoms with Gasteiger partial charge in [0, 0.05) is 30.1 Å². The highest BCUT2D eigenvalue weighted by atomic mass is 16.3. The first-order valence-electron chi connectivity index (χ1n) is 7.94. The number of carbonyl (C=O) groups excluding carboxylic acids is 2. The SMILES string of the molecule is O=C1CCc2ncc(C(=O)NCc3cc4ccccc4o3)cc2C1. The van der Waals surface area contributed by atoms with Crippen molar-refractivity contribution in [2.75, 3.05) is 0 Å². The number of para-hydroxylation sites is 1. The Bertz CT molecular complexity index is 910. The zero-order valence-corrected chi connectivity index (χ0v) is 13.0. The van der Waals surface area contributed by atoms with E-state index in [0.29, 0.717) is 37.1 Å². The van der Waals surface area contributed by atoms with Gasteiger partial charge in [-0.05, 0) is 30.2 Å². The van der Waals surface area contributed by atoms with Crippen molar-refractivity contribution in [3.05, 3.63) is 65.2 Å². The number of ketones is 1. The van der Waals surface area contributed by atoms with Crippen LogP contribution < -0.4 is 5.32 Å². The first kappa shape index (κ1) is 14.6. The zero-order chi connectivity index (χ0) is 16.5. The van der Waals surface area contributed by atoms with Crippen LogP contribution in [0.5, 0.6) is 0 Å². The molecule has 24 heavy (non-hydrogen) atoms. The van der Waals surface area contributed by atoms with Gasteiger partial charge in [-0.25, -0.2) is 0 Å². The van der Waals surface area contributed by atoms with Crippen LogP contribution in [0.1, 0.15) is 33.8 Å². The van der Waals surface area contributed by atoms with Crippen LogP contribution in [0.4, 0.5) is 0 Å². The highest BCUT2D eigenvalue weighted by Gasteiger charge is 2.18. The summed E-state index contributed by atoms with van der Waals surface area (Å²) in [5, 5.41) is 3.85. The summed E-state index contributed by atoms with van der Waals surface area (Å²) in [7, 11) is 0. The quantitative estimate of drug-likeness (QED) is 0.805. The van der Waals surface area contributed by atoms with E-state index in [-0.39, 0.29) is 11.7 Å². The summed E-state index contributed by atoms with van der Waals surface area (Å²) in [5.41, 5.74) is 3.06. The zero-order valence-electron chi connectivity index (χ0n) is 13.0. The first-order chi connectivity index (χ1) is 11.7. The van der Waals surface area contributed by atoms with Crippen molar-refractivity contribution in [1.82, 2.24) is 10.3 Å². The topological polar surface area (TPSA) is 72.2 Å². The van der Waals surface area contributed by atoms with Crippen molar-refractivity contribution in [2.24, 2.45) is 0 Å². The van der Waals surface area contributed by atoms with E-state index < -0.39 is 0 Å². The van der Waals surface area contributed by atoms with E-state index in [2.05, 4.69) is 10.3 Å². The molecule has 5 nitrogen and oxygen atoms in total. The van der Waals surface area contributed by atoms with Crippen LogP contribution in [0.2, 0.25) is 0 Å². The molecule has 4 rings (SSSR count). The second-order valence-electron chi connectivity index (χ2n) is 5.98. The predicted molar refractivity (Wildman–Crippen MR) is 88.7 cm³/mol. The van der Waals surface area contributed by atoms with Crippen LogP contribution in [0, 0.1) is 0 Å². The molecule has 1 amide bonds. The van der Waals surface area contributed by atoms with Gasteiger partial charge in [0.2, 0.25) is 0 Å². The van der Waals surface area contributed by atoms with E-state index >= 15 is 0 Å². The number of benzene rings is 1. The molecule has 0 bridgehead atoms. The van der Waals surface area contributed by atoms with Crippen molar-refractivity contribution in [1.29, 1.82) is 0 Å². The van der Waals surface area contributed by atoms with Gasteiger partial charge in [0.05, 0.1) is 12.1 Å². The highest BCUT2D eigenvalue weighted by Crippen LogP contribution is 2.20. The maximum Gasteiger partial charge on any atom is 0.253 e. The number of pyridine rings is 1. The number of hydrogen-bond donors (Lipinski definition) is 1. The maximum atomic E-state index is 12.3. The Morgan fingerprint density at radius 1 is 1.21 bits per heavy atom. The summed E-state index contributed by atoms with van der Waals surface area (Å²) in [6.07, 6.45) is 3.14. The van der Waals surface area contributed by atoms with Gasteiger partial charge in [-0.2, -0.15) is 0 Å². The van der Waals surface area contributed by atoms with Crippen LogP contribution in [0.25, 0.3) is 11.0 Å². The van der Waals surface area contributed by atoms with E-state index in [0.717, 1.165) is 22.2 Å². The average Bonchev–Trinajstić information content (AvgIpc) is 3.02. The summed E-state index contributed by atoms with van der Waals surface area (Å²) < 4.78 is 5.68. The van der Waals surface area contributed by atoms with Crippen LogP contribution in [-0.4, -0.2) is 16.7 Å². The first-order valence-corrected chi connectivity index (χ1v) is 7.94. The third-order valence-electron chi connectivity index (χ3n) is 4.25. The fourth-order valence-electron chi connectivity index (χ4n) is 2.99. The summed E-state index contributed by atoms with van der Waals surface area (Å²) in [5.74, 6) is 0.679. The Kier molecular flexibility index (Phi) is 3.61. The minimum atomic E-state index is -0.219. The molecule has 1 aromatic carbocycles. The lowest BCUT2D eigenvalue weighted by molar-refractivity contribution is -0.118. The standard InChI is InChI=1S/C19H16N2O3/c22-15-5-6-17-13(8-15)7-14(10-20-17)19(23)21-11-16-9-12-3-1-2-4-18(12)24-16/h1-4,7,9-10H,5-6,8,11H2,(H,21,23). The Hall–Kier alpha value is -2.95. The number of carbonyl (C=O) groups is 2. The molecule has 5 heteroatoms. The molecule has 0 aliphatic heterocycles. The minimum absolute atomic E-state index is 0.198. The summed E-state index contributed by atoms with van der Waals surface area (Å²) >= 11 is 0. The molecule has 120 valence electrons. The normalized spacial score (nSPS) is 13.8. The predicted octanol–water partition coefficient (Wildman–Crippen LogP) is 2.82. The Labute approximate surface area is 138 Å². The van der Waals surface area contributed by atoms with E-state index in [1.807, 2.05) is 30.3 Å². The van der Waals surface area contributed by atoms with Crippen molar-refractivity contribution in [2.45, 2.75) is 25.8 Å². The Balaban J connectivity index is 1.48. The fraction of sp³-hybridized carbons (Fsp3) is 0.211. The molecule has 0 spiro atoms. The molecule has 0 atom stereocenters. The van der Waals surface area contributed by atoms with Crippen LogP contribution in [-0.2, 0) is 24.2 Å².